The molecule has 4 aliphatic heterocycles. The average Bonchev–Trinajstić information content (AvgIpc) is 3.50. The van der Waals surface area contributed by atoms with E-state index in [1.54, 1.807) is 12.1 Å². The summed E-state index contributed by atoms with van der Waals surface area (Å²) in [4.78, 5) is 29.1. The Kier molecular flexibility index (Phi) is 8.08. The molecule has 11 nitrogen and oxygen atoms in total. The number of benzene rings is 1. The Morgan fingerprint density at radius 1 is 1.16 bits per heavy atom. The van der Waals surface area contributed by atoms with E-state index < -0.39 is 28.0 Å². The molecule has 0 saturated carbocycles. The highest BCUT2D eigenvalue weighted by Crippen LogP contribution is 2.36. The van der Waals surface area contributed by atoms with Gasteiger partial charge in [-0.2, -0.15) is 4.31 Å². The first-order chi connectivity index (χ1) is 18.2. The van der Waals surface area contributed by atoms with Crippen LogP contribution in [0.3, 0.4) is 0 Å². The third kappa shape index (κ3) is 5.90. The van der Waals surface area contributed by atoms with E-state index in [-0.39, 0.29) is 30.8 Å². The van der Waals surface area contributed by atoms with Crippen molar-refractivity contribution in [3.05, 3.63) is 24.0 Å². The SMILES string of the molecule is CC(=O)NCC1CN(c2ccc(N3CC4CCCN(CCS(=O)(=O)N5CCOCC5)[C@@H]4C3)c(F)c2)C(=O)O1. The van der Waals surface area contributed by atoms with E-state index in [1.807, 2.05) is 4.90 Å². The molecule has 1 N–H and O–H groups in total. The zero-order chi connectivity index (χ0) is 26.9. The van der Waals surface area contributed by atoms with Crippen LogP contribution < -0.4 is 15.1 Å². The molecule has 4 aliphatic rings. The topological polar surface area (TPSA) is 112 Å². The normalized spacial score (nSPS) is 26.9. The number of hydrogen-bond donors (Lipinski definition) is 1. The Morgan fingerprint density at radius 2 is 1.95 bits per heavy atom. The van der Waals surface area contributed by atoms with Crippen molar-refractivity contribution in [1.82, 2.24) is 14.5 Å². The first-order valence-corrected chi connectivity index (χ1v) is 14.9. The van der Waals surface area contributed by atoms with Gasteiger partial charge in [0.15, 0.2) is 0 Å². The second-order valence-electron chi connectivity index (χ2n) is 10.4. The number of morpholine rings is 1. The summed E-state index contributed by atoms with van der Waals surface area (Å²) in [5.74, 6) is -0.204. The van der Waals surface area contributed by atoms with Gasteiger partial charge in [0.1, 0.15) is 11.9 Å². The molecule has 0 bridgehead atoms. The third-order valence-electron chi connectivity index (χ3n) is 7.93. The van der Waals surface area contributed by atoms with E-state index in [4.69, 9.17) is 9.47 Å². The van der Waals surface area contributed by atoms with Gasteiger partial charge in [0.2, 0.25) is 15.9 Å². The Balaban J connectivity index is 1.21. The van der Waals surface area contributed by atoms with Gasteiger partial charge in [0.25, 0.3) is 0 Å². The van der Waals surface area contributed by atoms with Crippen LogP contribution in [-0.4, -0.2) is 113 Å². The highest BCUT2D eigenvalue weighted by Gasteiger charge is 2.40. The van der Waals surface area contributed by atoms with Crippen molar-refractivity contribution in [2.75, 3.05) is 81.1 Å². The van der Waals surface area contributed by atoms with Crippen LogP contribution in [0, 0.1) is 11.7 Å². The van der Waals surface area contributed by atoms with Crippen LogP contribution in [0.2, 0.25) is 0 Å². The predicted octanol–water partition coefficient (Wildman–Crippen LogP) is 0.850. The molecule has 1 aromatic rings. The number of amides is 2. The predicted molar refractivity (Wildman–Crippen MR) is 139 cm³/mol. The van der Waals surface area contributed by atoms with Gasteiger partial charge in [-0.3, -0.25) is 14.6 Å². The summed E-state index contributed by atoms with van der Waals surface area (Å²) in [7, 11) is -3.34. The van der Waals surface area contributed by atoms with Gasteiger partial charge in [0, 0.05) is 45.7 Å². The second-order valence-corrected chi connectivity index (χ2v) is 12.5. The van der Waals surface area contributed by atoms with Gasteiger partial charge in [-0.05, 0) is 43.5 Å². The molecule has 4 fully saturated rings. The number of cyclic esters (lactones) is 1. The number of likely N-dealkylation sites (tertiary alicyclic amines) is 1. The van der Waals surface area contributed by atoms with Crippen molar-refractivity contribution in [2.45, 2.75) is 31.9 Å². The lowest BCUT2D eigenvalue weighted by atomic mass is 9.92. The highest BCUT2D eigenvalue weighted by atomic mass is 32.2. The summed E-state index contributed by atoms with van der Waals surface area (Å²) < 4.78 is 53.1. The molecule has 13 heteroatoms. The molecule has 4 saturated heterocycles. The van der Waals surface area contributed by atoms with Crippen molar-refractivity contribution in [3.8, 4) is 0 Å². The summed E-state index contributed by atoms with van der Waals surface area (Å²) in [6, 6.07) is 4.94. The van der Waals surface area contributed by atoms with Gasteiger partial charge >= 0.3 is 6.09 Å². The smallest absolute Gasteiger partial charge is 0.414 e. The van der Waals surface area contributed by atoms with Crippen molar-refractivity contribution >= 4 is 33.4 Å². The fourth-order valence-corrected chi connectivity index (χ4v) is 7.38. The lowest BCUT2D eigenvalue weighted by Crippen LogP contribution is -2.49. The molecular weight excluding hydrogens is 517 g/mol. The number of ether oxygens (including phenoxy) is 2. The van der Waals surface area contributed by atoms with Gasteiger partial charge in [-0.15, -0.1) is 0 Å². The summed E-state index contributed by atoms with van der Waals surface area (Å²) in [5, 5.41) is 2.63. The summed E-state index contributed by atoms with van der Waals surface area (Å²) in [6.07, 6.45) is 0.962. The van der Waals surface area contributed by atoms with Crippen LogP contribution in [0.25, 0.3) is 0 Å². The Morgan fingerprint density at radius 3 is 2.68 bits per heavy atom. The number of sulfonamides is 1. The van der Waals surface area contributed by atoms with Crippen molar-refractivity contribution in [3.63, 3.8) is 0 Å². The second kappa shape index (κ2) is 11.3. The number of nitrogens with one attached hydrogen (secondary N) is 1. The molecule has 0 aliphatic carbocycles. The zero-order valence-corrected chi connectivity index (χ0v) is 22.5. The number of anilines is 2. The fraction of sp³-hybridized carbons (Fsp3) is 0.680. The number of halogens is 1. The number of piperidine rings is 1. The highest BCUT2D eigenvalue weighted by molar-refractivity contribution is 7.89. The number of nitrogens with zero attached hydrogens (tertiary/aromatic N) is 4. The third-order valence-corrected chi connectivity index (χ3v) is 9.78. The molecule has 210 valence electrons. The monoisotopic (exact) mass is 553 g/mol. The summed E-state index contributed by atoms with van der Waals surface area (Å²) >= 11 is 0. The van der Waals surface area contributed by atoms with Gasteiger partial charge < -0.3 is 19.7 Å². The minimum atomic E-state index is -3.34. The van der Waals surface area contributed by atoms with E-state index in [9.17, 15) is 18.0 Å². The Bertz CT molecular complexity index is 1150. The van der Waals surface area contributed by atoms with Gasteiger partial charge in [-0.1, -0.05) is 0 Å². The van der Waals surface area contributed by atoms with Crippen LogP contribution >= 0.6 is 0 Å². The van der Waals surface area contributed by atoms with Gasteiger partial charge in [0.05, 0.1) is 43.4 Å². The van der Waals surface area contributed by atoms with Crippen LogP contribution in [0.15, 0.2) is 18.2 Å². The number of hydrogen-bond acceptors (Lipinski definition) is 8. The minimum Gasteiger partial charge on any atom is -0.442 e. The Labute approximate surface area is 222 Å². The quantitative estimate of drug-likeness (QED) is 0.505. The number of carbonyl (C=O) groups is 2. The number of fused-ring (bicyclic) bond motifs is 1. The molecule has 4 heterocycles. The maximum atomic E-state index is 15.3. The van der Waals surface area contributed by atoms with E-state index in [0.717, 1.165) is 19.4 Å². The average molecular weight is 554 g/mol. The lowest BCUT2D eigenvalue weighted by Gasteiger charge is -2.37. The van der Waals surface area contributed by atoms with Crippen LogP contribution in [0.4, 0.5) is 20.6 Å². The maximum absolute atomic E-state index is 15.3. The maximum Gasteiger partial charge on any atom is 0.414 e. The molecule has 38 heavy (non-hydrogen) atoms. The van der Waals surface area contributed by atoms with E-state index >= 15 is 4.39 Å². The molecule has 5 rings (SSSR count). The molecule has 0 aromatic heterocycles. The standard InChI is InChI=1S/C25H36FN5O6S/c1-18(32)27-14-21-16-31(25(33)37-21)20-4-5-23(22(26)13-20)29-15-19-3-2-6-28(24(19)17-29)9-12-38(34,35)30-7-10-36-11-8-30/h4-5,13,19,21,24H,2-3,6-12,14-17H2,1H3,(H,27,32)/t19?,21?,24-/m1/s1. The lowest BCUT2D eigenvalue weighted by molar-refractivity contribution is -0.119. The van der Waals surface area contributed by atoms with Crippen molar-refractivity contribution < 1.29 is 31.9 Å². The first kappa shape index (κ1) is 27.1. The largest absolute Gasteiger partial charge is 0.442 e. The molecule has 2 amide bonds. The van der Waals surface area contributed by atoms with Crippen molar-refractivity contribution in [2.24, 2.45) is 5.92 Å². The summed E-state index contributed by atoms with van der Waals surface area (Å²) in [6.45, 7) is 6.15. The minimum absolute atomic E-state index is 0.0775. The zero-order valence-electron chi connectivity index (χ0n) is 21.7. The summed E-state index contributed by atoms with van der Waals surface area (Å²) in [5.41, 5.74) is 0.888. The van der Waals surface area contributed by atoms with Gasteiger partial charge in [-0.25, -0.2) is 17.6 Å². The molecule has 0 radical (unpaired) electrons. The molecule has 2 unspecified atom stereocenters. The first-order valence-electron chi connectivity index (χ1n) is 13.3. The fourth-order valence-electron chi connectivity index (χ4n) is 5.95. The molecule has 3 atom stereocenters. The molecular formula is C25H36FN5O6S. The number of rotatable bonds is 8. The van der Waals surface area contributed by atoms with Crippen LogP contribution in [-0.2, 0) is 24.3 Å². The molecule has 0 spiro atoms. The van der Waals surface area contributed by atoms with Crippen molar-refractivity contribution in [1.29, 1.82) is 0 Å². The van der Waals surface area contributed by atoms with E-state index in [0.29, 0.717) is 63.2 Å². The van der Waals surface area contributed by atoms with Crippen LogP contribution in [0.1, 0.15) is 19.8 Å². The van der Waals surface area contributed by atoms with E-state index in [2.05, 4.69) is 10.2 Å². The molecule has 1 aromatic carbocycles. The Hall–Kier alpha value is -2.48. The number of carbonyl (C=O) groups excluding carboxylic acids is 2. The van der Waals surface area contributed by atoms with Crippen LogP contribution in [0.5, 0.6) is 0 Å². The van der Waals surface area contributed by atoms with E-state index in [1.165, 1.54) is 22.2 Å².